The maximum atomic E-state index is 13.6. The summed E-state index contributed by atoms with van der Waals surface area (Å²) >= 11 is 0. The molecule has 0 saturated carbocycles. The minimum Gasteiger partial charge on any atom is -0.467 e. The number of halogens is 3. The number of hydrogen-bond donors (Lipinski definition) is 2. The third kappa shape index (κ3) is 6.79. The third-order valence-corrected chi connectivity index (χ3v) is 7.38. The number of carbonyl (C=O) groups excluding carboxylic acids is 4. The van der Waals surface area contributed by atoms with Crippen molar-refractivity contribution in [2.75, 3.05) is 38.6 Å². The minimum absolute atomic E-state index is 0.203. The fourth-order valence-electron chi connectivity index (χ4n) is 3.05. The largest absolute Gasteiger partial charge is 0.467 e. The number of ether oxygens (including phenoxy) is 4. The molecule has 3 rings (SSSR count). The molecular formula is C19H21F3N2O12P2. The highest BCUT2D eigenvalue weighted by molar-refractivity contribution is 7.49. The summed E-state index contributed by atoms with van der Waals surface area (Å²) in [6.45, 7) is 0. The van der Waals surface area contributed by atoms with E-state index in [0.29, 0.717) is 0 Å². The van der Waals surface area contributed by atoms with Crippen molar-refractivity contribution >= 4 is 52.3 Å². The van der Waals surface area contributed by atoms with Crippen molar-refractivity contribution in [3.63, 3.8) is 0 Å². The van der Waals surface area contributed by atoms with Gasteiger partial charge in [0, 0.05) is 11.4 Å². The third-order valence-electron chi connectivity index (χ3n) is 4.82. The number of alkyl halides is 3. The first kappa shape index (κ1) is 29.7. The van der Waals surface area contributed by atoms with Gasteiger partial charge in [0.25, 0.3) is 17.1 Å². The van der Waals surface area contributed by atoms with Gasteiger partial charge in [0.2, 0.25) is 24.4 Å². The summed E-state index contributed by atoms with van der Waals surface area (Å²) < 4.78 is 80.6. The van der Waals surface area contributed by atoms with Crippen molar-refractivity contribution in [1.29, 1.82) is 0 Å². The van der Waals surface area contributed by atoms with Gasteiger partial charge >= 0.3 is 30.1 Å². The summed E-state index contributed by atoms with van der Waals surface area (Å²) in [7, 11) is -0.450. The first-order chi connectivity index (χ1) is 17.9. The molecule has 2 heterocycles. The zero-order chi connectivity index (χ0) is 28.2. The van der Waals surface area contributed by atoms with Gasteiger partial charge < -0.3 is 29.1 Å². The Hall–Kier alpha value is -2.81. The Labute approximate surface area is 215 Å². The molecule has 14 nitrogen and oxygen atoms in total. The summed E-state index contributed by atoms with van der Waals surface area (Å²) in [5.74, 6) is -3.84. The van der Waals surface area contributed by atoms with Gasteiger partial charge in [-0.15, -0.1) is 0 Å². The number of nitrogens with one attached hydrogen (secondary N) is 2. The molecular weight excluding hydrogens is 567 g/mol. The quantitative estimate of drug-likeness (QED) is 0.258. The number of anilines is 2. The average molecular weight is 588 g/mol. The standard InChI is InChI=1S/C19H21F3N2O12P2/c1-29-15(25)11-12(16(26)30-2)34-37(33-11)23-9-5-8(19(20,21)22)6-10(7-9)24-38-35-13(17(27)31-3)14(36-38)18(28)32-4/h5-7,11-14,23-24H,1-4H3/t11-,12-,13-,14-/m1/s1. The van der Waals surface area contributed by atoms with E-state index in [4.69, 9.17) is 18.1 Å². The summed E-state index contributed by atoms with van der Waals surface area (Å²) in [5, 5.41) is 5.10. The smallest absolute Gasteiger partial charge is 0.416 e. The molecule has 0 amide bonds. The van der Waals surface area contributed by atoms with Crippen LogP contribution in [0.25, 0.3) is 0 Å². The Morgan fingerprint density at radius 1 is 0.658 bits per heavy atom. The second kappa shape index (κ2) is 12.4. The van der Waals surface area contributed by atoms with E-state index >= 15 is 0 Å². The molecule has 19 heteroatoms. The number of benzene rings is 1. The number of hydrogen-bond acceptors (Lipinski definition) is 14. The zero-order valence-corrected chi connectivity index (χ0v) is 21.8. The summed E-state index contributed by atoms with van der Waals surface area (Å²) in [6, 6.07) is 2.62. The van der Waals surface area contributed by atoms with Gasteiger partial charge in [0.05, 0.1) is 34.0 Å². The van der Waals surface area contributed by atoms with Crippen LogP contribution in [-0.4, -0.2) is 76.7 Å². The van der Waals surface area contributed by atoms with Gasteiger partial charge in [-0.25, -0.2) is 19.2 Å². The molecule has 4 atom stereocenters. The lowest BCUT2D eigenvalue weighted by molar-refractivity contribution is -0.160. The maximum Gasteiger partial charge on any atom is 0.416 e. The molecule has 2 saturated heterocycles. The normalized spacial score (nSPS) is 24.0. The molecule has 38 heavy (non-hydrogen) atoms. The van der Waals surface area contributed by atoms with Gasteiger partial charge in [-0.3, -0.25) is 18.1 Å². The highest BCUT2D eigenvalue weighted by atomic mass is 31.2. The highest BCUT2D eigenvalue weighted by Gasteiger charge is 2.49. The van der Waals surface area contributed by atoms with Crippen LogP contribution in [0.15, 0.2) is 18.2 Å². The predicted molar refractivity (Wildman–Crippen MR) is 120 cm³/mol. The van der Waals surface area contributed by atoms with Crippen LogP contribution in [0.3, 0.4) is 0 Å². The van der Waals surface area contributed by atoms with E-state index in [1.165, 1.54) is 6.07 Å². The molecule has 1 aromatic carbocycles. The number of methoxy groups -OCH3 is 4. The van der Waals surface area contributed by atoms with Crippen LogP contribution in [-0.2, 0) is 62.4 Å². The Kier molecular flexibility index (Phi) is 9.68. The second-order valence-electron chi connectivity index (χ2n) is 7.23. The molecule has 1 aromatic rings. The number of esters is 4. The van der Waals surface area contributed by atoms with Crippen molar-refractivity contribution in [3.05, 3.63) is 23.8 Å². The van der Waals surface area contributed by atoms with E-state index in [9.17, 15) is 32.3 Å². The van der Waals surface area contributed by atoms with Crippen molar-refractivity contribution < 1.29 is 69.4 Å². The molecule has 0 unspecified atom stereocenters. The summed E-state index contributed by atoms with van der Waals surface area (Å²) in [5.41, 5.74) is -1.53. The summed E-state index contributed by atoms with van der Waals surface area (Å²) in [6.07, 6.45) is -10.9. The van der Waals surface area contributed by atoms with E-state index in [1.54, 1.807) is 0 Å². The zero-order valence-electron chi connectivity index (χ0n) is 20.0. The monoisotopic (exact) mass is 588 g/mol. The van der Waals surface area contributed by atoms with E-state index in [-0.39, 0.29) is 11.4 Å². The lowest BCUT2D eigenvalue weighted by Gasteiger charge is -2.18. The van der Waals surface area contributed by atoms with Crippen molar-refractivity contribution in [2.24, 2.45) is 0 Å². The number of rotatable bonds is 8. The first-order valence-corrected chi connectivity index (χ1v) is 12.6. The Balaban J connectivity index is 1.83. The summed E-state index contributed by atoms with van der Waals surface area (Å²) in [4.78, 5) is 47.9. The van der Waals surface area contributed by atoms with E-state index in [0.717, 1.165) is 40.6 Å². The van der Waals surface area contributed by atoms with Crippen LogP contribution >= 0.6 is 17.1 Å². The van der Waals surface area contributed by atoms with Crippen LogP contribution < -0.4 is 10.2 Å². The minimum atomic E-state index is -4.81. The fraction of sp³-hybridized carbons (Fsp3) is 0.474. The van der Waals surface area contributed by atoms with E-state index < -0.39 is 77.1 Å². The van der Waals surface area contributed by atoms with Crippen LogP contribution in [0.1, 0.15) is 5.56 Å². The average Bonchev–Trinajstić information content (AvgIpc) is 3.50. The molecule has 0 radical (unpaired) electrons. The van der Waals surface area contributed by atoms with Crippen molar-refractivity contribution in [1.82, 2.24) is 0 Å². The van der Waals surface area contributed by atoms with Gasteiger partial charge in [-0.2, -0.15) is 13.2 Å². The Bertz CT molecular complexity index is 958. The van der Waals surface area contributed by atoms with Crippen LogP contribution in [0.2, 0.25) is 0 Å². The second-order valence-corrected chi connectivity index (χ2v) is 9.55. The van der Waals surface area contributed by atoms with Crippen LogP contribution in [0.4, 0.5) is 24.5 Å². The van der Waals surface area contributed by atoms with Gasteiger partial charge in [-0.05, 0) is 18.2 Å². The predicted octanol–water partition coefficient (Wildman–Crippen LogP) is 2.24. The Morgan fingerprint density at radius 3 is 1.18 bits per heavy atom. The van der Waals surface area contributed by atoms with Gasteiger partial charge in [0.15, 0.2) is 0 Å². The lowest BCUT2D eigenvalue weighted by atomic mass is 10.2. The molecule has 0 bridgehead atoms. The molecule has 0 aliphatic carbocycles. The van der Waals surface area contributed by atoms with Gasteiger partial charge in [0.1, 0.15) is 0 Å². The van der Waals surface area contributed by atoms with Gasteiger partial charge in [-0.1, -0.05) is 0 Å². The lowest BCUT2D eigenvalue weighted by Crippen LogP contribution is -2.38. The topological polar surface area (TPSA) is 166 Å². The van der Waals surface area contributed by atoms with Crippen LogP contribution in [0.5, 0.6) is 0 Å². The fourth-order valence-corrected chi connectivity index (χ4v) is 5.65. The maximum absolute atomic E-state index is 13.6. The molecule has 2 aliphatic rings. The molecule has 210 valence electrons. The number of carbonyl (C=O) groups is 4. The first-order valence-electron chi connectivity index (χ1n) is 10.3. The van der Waals surface area contributed by atoms with Crippen molar-refractivity contribution in [2.45, 2.75) is 30.6 Å². The highest BCUT2D eigenvalue weighted by Crippen LogP contribution is 2.52. The SMILES string of the molecule is COC(=O)[C@@H]1OP(Nc2cc(NP3O[C@@H](C(=O)OC)[C@H](C(=O)OC)O3)cc(C(F)(F)F)c2)O[C@H]1C(=O)OC. The Morgan fingerprint density at radius 2 is 0.947 bits per heavy atom. The molecule has 0 spiro atoms. The molecule has 2 N–H and O–H groups in total. The van der Waals surface area contributed by atoms with Crippen molar-refractivity contribution in [3.8, 4) is 0 Å². The van der Waals surface area contributed by atoms with E-state index in [2.05, 4.69) is 29.1 Å². The van der Waals surface area contributed by atoms with Crippen LogP contribution in [0, 0.1) is 0 Å². The molecule has 0 aromatic heterocycles. The molecule has 2 fully saturated rings. The molecule has 2 aliphatic heterocycles. The van der Waals surface area contributed by atoms with E-state index in [1.807, 2.05) is 0 Å².